The van der Waals surface area contributed by atoms with Crippen molar-refractivity contribution in [1.82, 2.24) is 10.3 Å². The summed E-state index contributed by atoms with van der Waals surface area (Å²) < 4.78 is 5.83. The van der Waals surface area contributed by atoms with Crippen LogP contribution in [0.4, 0.5) is 11.5 Å². The van der Waals surface area contributed by atoms with Gasteiger partial charge in [0, 0.05) is 30.6 Å². The van der Waals surface area contributed by atoms with Crippen molar-refractivity contribution in [2.75, 3.05) is 30.3 Å². The molecule has 2 fully saturated rings. The van der Waals surface area contributed by atoms with Crippen LogP contribution in [0.2, 0.25) is 5.02 Å². The molecule has 0 bridgehead atoms. The van der Waals surface area contributed by atoms with Crippen LogP contribution in [0.25, 0.3) is 11.1 Å². The number of nitrogens with one attached hydrogen (secondary N) is 3. The highest BCUT2D eigenvalue weighted by Gasteiger charge is 2.28. The number of carbonyl (C=O) groups is 1. The van der Waals surface area contributed by atoms with Gasteiger partial charge in [0.15, 0.2) is 0 Å². The molecule has 2 aliphatic rings. The van der Waals surface area contributed by atoms with E-state index in [1.54, 1.807) is 6.20 Å². The lowest BCUT2D eigenvalue weighted by Crippen LogP contribution is -2.36. The number of ether oxygens (including phenoxy) is 1. The number of carbonyl (C=O) groups excluding carboxylic acids is 1. The van der Waals surface area contributed by atoms with Crippen molar-refractivity contribution in [3.05, 3.63) is 41.6 Å². The summed E-state index contributed by atoms with van der Waals surface area (Å²) in [5.74, 6) is 1.05. The van der Waals surface area contributed by atoms with Crippen LogP contribution in [-0.4, -0.2) is 42.2 Å². The van der Waals surface area contributed by atoms with E-state index in [1.165, 1.54) is 0 Å². The van der Waals surface area contributed by atoms with Gasteiger partial charge < -0.3 is 20.7 Å². The fraction of sp³-hybridized carbons (Fsp3) is 0.500. The largest absolute Gasteiger partial charge is 0.385 e. The molecule has 1 amide bonds. The first-order chi connectivity index (χ1) is 14.9. The van der Waals surface area contributed by atoms with Crippen LogP contribution in [0.3, 0.4) is 0 Å². The smallest absolute Gasteiger partial charge is 0.242 e. The minimum absolute atomic E-state index is 0.0481. The Bertz CT molecular complexity index is 928. The molecule has 0 saturated carbocycles. The zero-order valence-electron chi connectivity index (χ0n) is 18.2. The fourth-order valence-corrected chi connectivity index (χ4v) is 4.65. The fourth-order valence-electron chi connectivity index (χ4n) is 4.44. The maximum absolute atomic E-state index is 12.4. The lowest BCUT2D eigenvalue weighted by atomic mass is 9.88. The van der Waals surface area contributed by atoms with E-state index in [2.05, 4.69) is 46.9 Å². The Kier molecular flexibility index (Phi) is 6.80. The number of benzene rings is 1. The van der Waals surface area contributed by atoms with Gasteiger partial charge in [-0.3, -0.25) is 4.79 Å². The number of nitrogens with zero attached hydrogens (tertiary/aromatic N) is 1. The lowest BCUT2D eigenvalue weighted by molar-refractivity contribution is -0.117. The van der Waals surface area contributed by atoms with E-state index < -0.39 is 0 Å². The molecule has 31 heavy (non-hydrogen) atoms. The van der Waals surface area contributed by atoms with Crippen LogP contribution in [0.1, 0.15) is 39.5 Å². The van der Waals surface area contributed by atoms with E-state index in [-0.39, 0.29) is 17.6 Å². The van der Waals surface area contributed by atoms with Crippen molar-refractivity contribution in [3.63, 3.8) is 0 Å². The maximum atomic E-state index is 12.4. The molecule has 2 aliphatic heterocycles. The molecule has 2 saturated heterocycles. The predicted octanol–water partition coefficient (Wildman–Crippen LogP) is 4.71. The van der Waals surface area contributed by atoms with Gasteiger partial charge in [-0.25, -0.2) is 4.98 Å². The second-order valence-electron chi connectivity index (χ2n) is 9.12. The molecule has 6 nitrogen and oxygen atoms in total. The summed E-state index contributed by atoms with van der Waals surface area (Å²) in [6, 6.07) is 9.89. The number of aromatic nitrogens is 1. The molecule has 1 aromatic heterocycles. The van der Waals surface area contributed by atoms with Gasteiger partial charge in [-0.2, -0.15) is 0 Å². The van der Waals surface area contributed by atoms with E-state index in [9.17, 15) is 4.79 Å². The number of pyridine rings is 1. The Morgan fingerprint density at radius 1 is 1.32 bits per heavy atom. The van der Waals surface area contributed by atoms with Crippen molar-refractivity contribution < 1.29 is 9.53 Å². The van der Waals surface area contributed by atoms with Gasteiger partial charge in [0.25, 0.3) is 0 Å². The van der Waals surface area contributed by atoms with Gasteiger partial charge in [0.2, 0.25) is 5.91 Å². The number of rotatable bonds is 6. The molecule has 166 valence electrons. The van der Waals surface area contributed by atoms with Gasteiger partial charge in [-0.1, -0.05) is 23.7 Å². The molecule has 3 heterocycles. The quantitative estimate of drug-likeness (QED) is 0.604. The van der Waals surface area contributed by atoms with E-state index in [0.717, 1.165) is 62.2 Å². The Hall–Kier alpha value is -2.15. The summed E-state index contributed by atoms with van der Waals surface area (Å²) in [6.07, 6.45) is 5.59. The second kappa shape index (κ2) is 9.55. The second-order valence-corrected chi connectivity index (χ2v) is 9.52. The number of hydrogen-bond donors (Lipinski definition) is 3. The van der Waals surface area contributed by atoms with E-state index in [4.69, 9.17) is 16.3 Å². The van der Waals surface area contributed by atoms with Crippen molar-refractivity contribution in [1.29, 1.82) is 0 Å². The first-order valence-corrected chi connectivity index (χ1v) is 11.5. The number of halogens is 1. The third kappa shape index (κ3) is 5.76. The van der Waals surface area contributed by atoms with Gasteiger partial charge >= 0.3 is 0 Å². The highest BCUT2D eigenvalue weighted by atomic mass is 35.5. The molecular formula is C24H31ClN4O2. The molecule has 0 spiro atoms. The molecule has 1 aromatic carbocycles. The summed E-state index contributed by atoms with van der Waals surface area (Å²) >= 11 is 6.46. The normalized spacial score (nSPS) is 22.8. The summed E-state index contributed by atoms with van der Waals surface area (Å²) in [5, 5.41) is 10.2. The maximum Gasteiger partial charge on any atom is 0.242 e. The average Bonchev–Trinajstić information content (AvgIpc) is 3.28. The predicted molar refractivity (Wildman–Crippen MR) is 126 cm³/mol. The van der Waals surface area contributed by atoms with Gasteiger partial charge in [0.05, 0.1) is 16.7 Å². The Balaban J connectivity index is 1.44. The van der Waals surface area contributed by atoms with Gasteiger partial charge in [0.1, 0.15) is 5.82 Å². The monoisotopic (exact) mass is 442 g/mol. The average molecular weight is 443 g/mol. The molecule has 2 aromatic rings. The third-order valence-corrected chi connectivity index (χ3v) is 6.35. The third-order valence-electron chi connectivity index (χ3n) is 6.05. The molecular weight excluding hydrogens is 412 g/mol. The lowest BCUT2D eigenvalue weighted by Gasteiger charge is -2.35. The summed E-state index contributed by atoms with van der Waals surface area (Å²) in [6.45, 7) is 6.92. The van der Waals surface area contributed by atoms with E-state index in [1.807, 2.05) is 18.2 Å². The molecule has 7 heteroatoms. The van der Waals surface area contributed by atoms with Crippen molar-refractivity contribution in [3.8, 4) is 11.1 Å². The van der Waals surface area contributed by atoms with Crippen LogP contribution >= 0.6 is 11.6 Å². The summed E-state index contributed by atoms with van der Waals surface area (Å²) in [4.78, 5) is 16.7. The molecule has 0 radical (unpaired) electrons. The van der Waals surface area contributed by atoms with Crippen LogP contribution in [-0.2, 0) is 9.53 Å². The number of amides is 1. The Morgan fingerprint density at radius 2 is 2.19 bits per heavy atom. The molecule has 3 N–H and O–H groups in total. The van der Waals surface area contributed by atoms with Gasteiger partial charge in [-0.15, -0.1) is 0 Å². The number of anilines is 2. The molecule has 0 unspecified atom stereocenters. The highest BCUT2D eigenvalue weighted by molar-refractivity contribution is 6.33. The minimum Gasteiger partial charge on any atom is -0.385 e. The van der Waals surface area contributed by atoms with E-state index >= 15 is 0 Å². The molecule has 2 atom stereocenters. The standard InChI is InChI=1S/C24H31ClN4O2/c1-24(2)13-16(8-10-31-24)14-27-18-6-3-5-17(11-18)19-12-22(28-15-20(19)25)29-23(30)21-7-4-9-26-21/h3,5-6,11-12,15-16,21,26-27H,4,7-10,13-14H2,1-2H3,(H,28,29,30)/t16-,21+/m1/s1. The van der Waals surface area contributed by atoms with E-state index in [0.29, 0.717) is 16.8 Å². The Morgan fingerprint density at radius 3 is 2.97 bits per heavy atom. The summed E-state index contributed by atoms with van der Waals surface area (Å²) in [7, 11) is 0. The highest BCUT2D eigenvalue weighted by Crippen LogP contribution is 2.32. The first-order valence-electron chi connectivity index (χ1n) is 11.1. The zero-order chi connectivity index (χ0) is 21.8. The van der Waals surface area contributed by atoms with Crippen molar-refractivity contribution >= 4 is 29.0 Å². The zero-order valence-corrected chi connectivity index (χ0v) is 19.0. The van der Waals surface area contributed by atoms with Crippen molar-refractivity contribution in [2.45, 2.75) is 51.2 Å². The first kappa shape index (κ1) is 22.1. The van der Waals surface area contributed by atoms with Gasteiger partial charge in [-0.05, 0) is 75.8 Å². The van der Waals surface area contributed by atoms with Crippen molar-refractivity contribution in [2.24, 2.45) is 5.92 Å². The topological polar surface area (TPSA) is 75.3 Å². The minimum atomic E-state index is -0.149. The molecule has 0 aliphatic carbocycles. The van der Waals surface area contributed by atoms with Crippen LogP contribution in [0, 0.1) is 5.92 Å². The van der Waals surface area contributed by atoms with Crippen LogP contribution in [0.5, 0.6) is 0 Å². The Labute approximate surface area is 189 Å². The van der Waals surface area contributed by atoms with Crippen LogP contribution in [0.15, 0.2) is 36.5 Å². The SMILES string of the molecule is CC1(C)C[C@H](CNc2cccc(-c3cc(NC(=O)[C@@H]4CCCN4)ncc3Cl)c2)CCO1. The molecule has 4 rings (SSSR count). The number of hydrogen-bond acceptors (Lipinski definition) is 5. The summed E-state index contributed by atoms with van der Waals surface area (Å²) in [5.41, 5.74) is 2.84. The van der Waals surface area contributed by atoms with Crippen LogP contribution < -0.4 is 16.0 Å².